The molecule has 1 aromatic carbocycles. The van der Waals surface area contributed by atoms with Crippen LogP contribution in [0.2, 0.25) is 25.7 Å². The van der Waals surface area contributed by atoms with Crippen LogP contribution in [0.3, 0.4) is 0 Å². The van der Waals surface area contributed by atoms with Crippen molar-refractivity contribution in [2.45, 2.75) is 56.2 Å². The number of hydrogen-bond donors (Lipinski definition) is 1. The molecule has 1 rings (SSSR count). The molecule has 1 N–H and O–H groups in total. The Kier molecular flexibility index (Phi) is 7.22. The second-order valence-electron chi connectivity index (χ2n) is 7.72. The molecule has 0 spiro atoms. The molecule has 5 nitrogen and oxygen atoms in total. The maximum absolute atomic E-state index is 12.8. The van der Waals surface area contributed by atoms with Crippen molar-refractivity contribution < 1.29 is 16.8 Å². The van der Waals surface area contributed by atoms with Crippen LogP contribution in [-0.4, -0.2) is 36.0 Å². The Hall–Kier alpha value is -0.703. The first-order chi connectivity index (χ1) is 10.8. The molecule has 0 aromatic heterocycles. The highest BCUT2D eigenvalue weighted by atomic mass is 32.2. The van der Waals surface area contributed by atoms with E-state index in [9.17, 15) is 16.8 Å². The largest absolute Gasteiger partial charge is 0.222 e. The minimum Gasteiger partial charge on any atom is -0.222 e. The lowest BCUT2D eigenvalue weighted by molar-refractivity contribution is 0.502. The molecule has 1 aromatic rings. The van der Waals surface area contributed by atoms with E-state index in [0.717, 1.165) is 0 Å². The van der Waals surface area contributed by atoms with Gasteiger partial charge in [0.05, 0.1) is 10.6 Å². The van der Waals surface area contributed by atoms with Crippen LogP contribution < -0.4 is 4.72 Å². The lowest BCUT2D eigenvalue weighted by Crippen LogP contribution is -2.43. The normalized spacial score (nSPS) is 14.8. The fourth-order valence-electron chi connectivity index (χ4n) is 2.14. The Balaban J connectivity index is 3.06. The topological polar surface area (TPSA) is 80.3 Å². The van der Waals surface area contributed by atoms with Crippen LogP contribution in [0.1, 0.15) is 20.3 Å². The van der Waals surface area contributed by atoms with Gasteiger partial charge in [-0.3, -0.25) is 0 Å². The first kappa shape index (κ1) is 21.3. The Morgan fingerprint density at radius 2 is 1.54 bits per heavy atom. The number of hydrogen-bond acceptors (Lipinski definition) is 4. The van der Waals surface area contributed by atoms with Crippen LogP contribution in [-0.2, 0) is 19.9 Å². The molecule has 24 heavy (non-hydrogen) atoms. The zero-order chi connectivity index (χ0) is 18.6. The third-order valence-corrected chi connectivity index (χ3v) is 9.20. The van der Waals surface area contributed by atoms with Crippen LogP contribution in [0, 0.1) is 5.92 Å². The number of sulfonamides is 1. The van der Waals surface area contributed by atoms with E-state index in [1.165, 1.54) is 12.1 Å². The summed E-state index contributed by atoms with van der Waals surface area (Å²) in [7, 11) is -8.94. The van der Waals surface area contributed by atoms with Gasteiger partial charge in [0.2, 0.25) is 10.0 Å². The fourth-order valence-corrected chi connectivity index (χ4v) is 8.73. The number of nitrogens with one attached hydrogen (secondary N) is 1. The van der Waals surface area contributed by atoms with E-state index >= 15 is 0 Å². The Morgan fingerprint density at radius 1 is 1.00 bits per heavy atom. The van der Waals surface area contributed by atoms with Crippen molar-refractivity contribution >= 4 is 27.9 Å². The summed E-state index contributed by atoms with van der Waals surface area (Å²) in [5.41, 5.74) is 0. The average Bonchev–Trinajstić information content (AvgIpc) is 2.44. The van der Waals surface area contributed by atoms with Crippen molar-refractivity contribution in [1.29, 1.82) is 0 Å². The minimum atomic E-state index is -3.76. The number of benzene rings is 1. The van der Waals surface area contributed by atoms with Gasteiger partial charge in [-0.1, -0.05) is 51.7 Å². The summed E-state index contributed by atoms with van der Waals surface area (Å²) in [5, 5.41) is -1.13. The van der Waals surface area contributed by atoms with Crippen molar-refractivity contribution in [2.75, 3.05) is 5.75 Å². The second-order valence-corrected chi connectivity index (χ2v) is 17.3. The van der Waals surface area contributed by atoms with Gasteiger partial charge in [0, 0.05) is 8.07 Å². The van der Waals surface area contributed by atoms with Gasteiger partial charge < -0.3 is 0 Å². The van der Waals surface area contributed by atoms with Crippen LogP contribution in [0.5, 0.6) is 0 Å². The zero-order valence-electron chi connectivity index (χ0n) is 15.1. The van der Waals surface area contributed by atoms with Crippen LogP contribution in [0.15, 0.2) is 35.2 Å². The van der Waals surface area contributed by atoms with E-state index < -0.39 is 33.3 Å². The van der Waals surface area contributed by atoms with Gasteiger partial charge in [0.25, 0.3) is 0 Å². The van der Waals surface area contributed by atoms with Gasteiger partial charge >= 0.3 is 0 Å². The molecule has 0 amide bonds. The van der Waals surface area contributed by atoms with E-state index in [1.54, 1.807) is 18.2 Å². The molecule has 0 saturated carbocycles. The standard InChI is InChI=1S/C16H29NO4S2Si/c1-14(2)13-16(17-22(18,19)11-12-24(3,4)5)23(20,21)15-9-7-6-8-10-15/h6-10,14,16-17H,11-13H2,1-5H3. The first-order valence-electron chi connectivity index (χ1n) is 8.12. The van der Waals surface area contributed by atoms with Crippen molar-refractivity contribution in [3.8, 4) is 0 Å². The molecule has 0 aliphatic heterocycles. The van der Waals surface area contributed by atoms with Gasteiger partial charge in [-0.15, -0.1) is 0 Å². The molecular weight excluding hydrogens is 362 g/mol. The van der Waals surface area contributed by atoms with E-state index in [1.807, 2.05) is 13.8 Å². The van der Waals surface area contributed by atoms with Crippen molar-refractivity contribution in [3.05, 3.63) is 30.3 Å². The van der Waals surface area contributed by atoms with Crippen molar-refractivity contribution in [2.24, 2.45) is 5.92 Å². The number of sulfone groups is 1. The summed E-state index contributed by atoms with van der Waals surface area (Å²) in [6.45, 7) is 10.0. The highest BCUT2D eigenvalue weighted by Crippen LogP contribution is 2.21. The quantitative estimate of drug-likeness (QED) is 0.656. The molecular formula is C16H29NO4S2Si. The summed E-state index contributed by atoms with van der Waals surface area (Å²) in [6.07, 6.45) is 0.239. The molecule has 0 bridgehead atoms. The molecule has 0 radical (unpaired) electrons. The number of rotatable bonds is 9. The van der Waals surface area contributed by atoms with Gasteiger partial charge in [0.1, 0.15) is 5.37 Å². The third-order valence-electron chi connectivity index (χ3n) is 3.56. The molecule has 1 atom stereocenters. The summed E-state index contributed by atoms with van der Waals surface area (Å²) < 4.78 is 52.9. The summed E-state index contributed by atoms with van der Waals surface area (Å²) in [5.74, 6) is 0.0231. The molecule has 1 unspecified atom stereocenters. The highest BCUT2D eigenvalue weighted by molar-refractivity contribution is 7.94. The van der Waals surface area contributed by atoms with E-state index in [2.05, 4.69) is 24.4 Å². The van der Waals surface area contributed by atoms with Crippen LogP contribution in [0.25, 0.3) is 0 Å². The molecule has 8 heteroatoms. The lowest BCUT2D eigenvalue weighted by Gasteiger charge is -2.22. The Morgan fingerprint density at radius 3 is 2.00 bits per heavy atom. The molecule has 0 aliphatic rings. The minimum absolute atomic E-state index is 0.0262. The van der Waals surface area contributed by atoms with E-state index in [-0.39, 0.29) is 23.0 Å². The molecule has 0 fully saturated rings. The average molecular weight is 392 g/mol. The Bertz CT molecular complexity index is 723. The lowest BCUT2D eigenvalue weighted by atomic mass is 10.1. The van der Waals surface area contributed by atoms with Gasteiger partial charge in [-0.25, -0.2) is 16.8 Å². The SMILES string of the molecule is CC(C)CC(NS(=O)(=O)CC[Si](C)(C)C)S(=O)(=O)c1ccccc1. The van der Waals surface area contributed by atoms with Crippen LogP contribution >= 0.6 is 0 Å². The highest BCUT2D eigenvalue weighted by Gasteiger charge is 2.32. The second kappa shape index (κ2) is 8.12. The van der Waals surface area contributed by atoms with Crippen molar-refractivity contribution in [1.82, 2.24) is 4.72 Å². The van der Waals surface area contributed by atoms with Crippen molar-refractivity contribution in [3.63, 3.8) is 0 Å². The predicted molar refractivity (Wildman–Crippen MR) is 102 cm³/mol. The third kappa shape index (κ3) is 7.04. The summed E-state index contributed by atoms with van der Waals surface area (Å²) in [6, 6.07) is 8.60. The molecule has 0 aliphatic carbocycles. The summed E-state index contributed by atoms with van der Waals surface area (Å²) in [4.78, 5) is 0.142. The first-order valence-corrected chi connectivity index (χ1v) is 15.0. The smallest absolute Gasteiger partial charge is 0.212 e. The van der Waals surface area contributed by atoms with Gasteiger partial charge in [-0.05, 0) is 30.5 Å². The maximum Gasteiger partial charge on any atom is 0.212 e. The fraction of sp³-hybridized carbons (Fsp3) is 0.625. The van der Waals surface area contributed by atoms with E-state index in [4.69, 9.17) is 0 Å². The van der Waals surface area contributed by atoms with Gasteiger partial charge in [0.15, 0.2) is 9.84 Å². The molecule has 0 heterocycles. The van der Waals surface area contributed by atoms with E-state index in [0.29, 0.717) is 6.04 Å². The molecule has 138 valence electrons. The summed E-state index contributed by atoms with van der Waals surface area (Å²) >= 11 is 0. The Labute approximate surface area is 147 Å². The van der Waals surface area contributed by atoms with Crippen LogP contribution in [0.4, 0.5) is 0 Å². The molecule has 0 saturated heterocycles. The zero-order valence-corrected chi connectivity index (χ0v) is 17.7. The monoisotopic (exact) mass is 391 g/mol. The predicted octanol–water partition coefficient (Wildman–Crippen LogP) is 3.09. The maximum atomic E-state index is 12.8. The van der Waals surface area contributed by atoms with Gasteiger partial charge in [-0.2, -0.15) is 4.72 Å².